The number of benzene rings is 1. The molecule has 1 aromatic rings. The summed E-state index contributed by atoms with van der Waals surface area (Å²) in [5, 5.41) is 11.2. The zero-order valence-electron chi connectivity index (χ0n) is 14.7. The highest BCUT2D eigenvalue weighted by Crippen LogP contribution is 2.12. The summed E-state index contributed by atoms with van der Waals surface area (Å²) in [6.07, 6.45) is 0.830. The van der Waals surface area contributed by atoms with Gasteiger partial charge in [0.05, 0.1) is 5.56 Å². The van der Waals surface area contributed by atoms with E-state index in [1.54, 1.807) is 24.3 Å². The standard InChI is InChI=1S/C18H24N2O5/c1-4-20(5-2)10-11-25-18(24)14-6-8-15(9-7-14)19-17(23)13(3)12-16(21)22/h6-9,12H,4-5,10-11H2,1-3H3,(H,19,23)(H,21,22). The Labute approximate surface area is 147 Å². The zero-order valence-corrected chi connectivity index (χ0v) is 14.7. The van der Waals surface area contributed by atoms with Crippen molar-refractivity contribution in [3.05, 3.63) is 41.5 Å². The molecule has 1 amide bonds. The third-order valence-corrected chi connectivity index (χ3v) is 3.61. The number of carboxylic acid groups (broad SMARTS) is 1. The quantitative estimate of drug-likeness (QED) is 0.524. The number of likely N-dealkylation sites (N-methyl/N-ethyl adjacent to an activating group) is 1. The van der Waals surface area contributed by atoms with Crippen LogP contribution in [0, 0.1) is 0 Å². The monoisotopic (exact) mass is 348 g/mol. The van der Waals surface area contributed by atoms with Crippen molar-refractivity contribution in [2.24, 2.45) is 0 Å². The number of anilines is 1. The van der Waals surface area contributed by atoms with Crippen LogP contribution in [0.15, 0.2) is 35.9 Å². The number of carboxylic acids is 1. The second-order valence-electron chi connectivity index (χ2n) is 5.36. The Hall–Kier alpha value is -2.67. The molecule has 0 radical (unpaired) electrons. The number of nitrogens with one attached hydrogen (secondary N) is 1. The summed E-state index contributed by atoms with van der Waals surface area (Å²) in [7, 11) is 0. The topological polar surface area (TPSA) is 95.9 Å². The largest absolute Gasteiger partial charge is 0.478 e. The molecule has 0 aliphatic carbocycles. The molecular formula is C18H24N2O5. The first-order valence-corrected chi connectivity index (χ1v) is 8.09. The van der Waals surface area contributed by atoms with E-state index in [9.17, 15) is 14.4 Å². The lowest BCUT2D eigenvalue weighted by molar-refractivity contribution is -0.131. The van der Waals surface area contributed by atoms with E-state index in [-0.39, 0.29) is 5.57 Å². The molecule has 0 spiro atoms. The van der Waals surface area contributed by atoms with Crippen LogP contribution in [0.5, 0.6) is 0 Å². The Morgan fingerprint density at radius 2 is 1.76 bits per heavy atom. The summed E-state index contributed by atoms with van der Waals surface area (Å²) in [6, 6.07) is 6.22. The molecule has 25 heavy (non-hydrogen) atoms. The number of nitrogens with zero attached hydrogens (tertiary/aromatic N) is 1. The van der Waals surface area contributed by atoms with Crippen LogP contribution >= 0.6 is 0 Å². The minimum atomic E-state index is -1.18. The molecule has 0 unspecified atom stereocenters. The number of amides is 1. The number of ether oxygens (including phenoxy) is 1. The molecule has 7 heteroatoms. The maximum Gasteiger partial charge on any atom is 0.338 e. The lowest BCUT2D eigenvalue weighted by atomic mass is 10.2. The maximum atomic E-state index is 12.0. The van der Waals surface area contributed by atoms with Gasteiger partial charge in [0.15, 0.2) is 0 Å². The Balaban J connectivity index is 2.56. The van der Waals surface area contributed by atoms with E-state index >= 15 is 0 Å². The number of esters is 1. The highest BCUT2D eigenvalue weighted by atomic mass is 16.5. The van der Waals surface area contributed by atoms with Gasteiger partial charge in [0.1, 0.15) is 6.61 Å². The molecule has 0 saturated heterocycles. The second kappa shape index (κ2) is 10.2. The van der Waals surface area contributed by atoms with E-state index in [0.717, 1.165) is 19.2 Å². The van der Waals surface area contributed by atoms with Gasteiger partial charge in [-0.15, -0.1) is 0 Å². The van der Waals surface area contributed by atoms with Crippen molar-refractivity contribution >= 4 is 23.5 Å². The average molecular weight is 348 g/mol. The number of carbonyl (C=O) groups is 3. The van der Waals surface area contributed by atoms with Crippen LogP contribution in [0.25, 0.3) is 0 Å². The van der Waals surface area contributed by atoms with Crippen molar-refractivity contribution in [2.45, 2.75) is 20.8 Å². The fourth-order valence-corrected chi connectivity index (χ4v) is 2.06. The summed E-state index contributed by atoms with van der Waals surface area (Å²) >= 11 is 0. The average Bonchev–Trinajstić information content (AvgIpc) is 2.58. The third-order valence-electron chi connectivity index (χ3n) is 3.61. The van der Waals surface area contributed by atoms with Gasteiger partial charge in [0, 0.05) is 23.9 Å². The molecule has 1 aromatic carbocycles. The van der Waals surface area contributed by atoms with Crippen LogP contribution in [-0.4, -0.2) is 54.1 Å². The number of hydrogen-bond donors (Lipinski definition) is 2. The molecule has 0 atom stereocenters. The molecule has 136 valence electrons. The summed E-state index contributed by atoms with van der Waals surface area (Å²) in [5.74, 6) is -2.13. The van der Waals surface area contributed by atoms with Gasteiger partial charge in [-0.05, 0) is 44.3 Å². The Morgan fingerprint density at radius 1 is 1.16 bits per heavy atom. The molecule has 2 N–H and O–H groups in total. The fourth-order valence-electron chi connectivity index (χ4n) is 2.06. The van der Waals surface area contributed by atoms with E-state index in [1.165, 1.54) is 6.92 Å². The van der Waals surface area contributed by atoms with Crippen molar-refractivity contribution in [1.82, 2.24) is 4.90 Å². The van der Waals surface area contributed by atoms with Crippen LogP contribution in [0.2, 0.25) is 0 Å². The van der Waals surface area contributed by atoms with Crippen molar-refractivity contribution in [3.63, 3.8) is 0 Å². The summed E-state index contributed by atoms with van der Waals surface area (Å²) in [4.78, 5) is 36.4. The van der Waals surface area contributed by atoms with Gasteiger partial charge < -0.3 is 20.1 Å². The molecule has 0 aliphatic heterocycles. The number of aliphatic carboxylic acids is 1. The van der Waals surface area contributed by atoms with Gasteiger partial charge in [-0.2, -0.15) is 0 Å². The van der Waals surface area contributed by atoms with Gasteiger partial charge in [-0.1, -0.05) is 13.8 Å². The van der Waals surface area contributed by atoms with Crippen molar-refractivity contribution in [2.75, 3.05) is 31.6 Å². The maximum absolute atomic E-state index is 12.0. The van der Waals surface area contributed by atoms with Crippen LogP contribution in [0.4, 0.5) is 5.69 Å². The minimum absolute atomic E-state index is 0.0763. The zero-order chi connectivity index (χ0) is 18.8. The predicted octanol–water partition coefficient (Wildman–Crippen LogP) is 2.15. The summed E-state index contributed by atoms with van der Waals surface area (Å²) < 4.78 is 5.22. The lowest BCUT2D eigenvalue weighted by Crippen LogP contribution is -2.27. The van der Waals surface area contributed by atoms with Gasteiger partial charge >= 0.3 is 11.9 Å². The SMILES string of the molecule is CCN(CC)CCOC(=O)c1ccc(NC(=O)C(C)=CC(=O)O)cc1. The van der Waals surface area contributed by atoms with Gasteiger partial charge in [-0.3, -0.25) is 4.79 Å². The van der Waals surface area contributed by atoms with Crippen LogP contribution < -0.4 is 5.32 Å². The molecule has 7 nitrogen and oxygen atoms in total. The predicted molar refractivity (Wildman–Crippen MR) is 94.5 cm³/mol. The number of hydrogen-bond acceptors (Lipinski definition) is 5. The number of carbonyl (C=O) groups excluding carboxylic acids is 2. The smallest absolute Gasteiger partial charge is 0.338 e. The lowest BCUT2D eigenvalue weighted by Gasteiger charge is -2.17. The molecule has 0 aromatic heterocycles. The minimum Gasteiger partial charge on any atom is -0.478 e. The molecule has 0 heterocycles. The first-order chi connectivity index (χ1) is 11.9. The van der Waals surface area contributed by atoms with E-state index in [2.05, 4.69) is 10.2 Å². The highest BCUT2D eigenvalue weighted by Gasteiger charge is 2.10. The highest BCUT2D eigenvalue weighted by molar-refractivity contribution is 6.06. The summed E-state index contributed by atoms with van der Waals surface area (Å²) in [5.41, 5.74) is 0.922. The van der Waals surface area contributed by atoms with Crippen molar-refractivity contribution < 1.29 is 24.2 Å². The first kappa shape index (κ1) is 20.4. The van der Waals surface area contributed by atoms with Crippen molar-refractivity contribution in [1.29, 1.82) is 0 Å². The Morgan fingerprint density at radius 3 is 2.28 bits per heavy atom. The Kier molecular flexibility index (Phi) is 8.35. The molecule has 0 aliphatic rings. The van der Waals surface area contributed by atoms with E-state index < -0.39 is 17.8 Å². The van der Waals surface area contributed by atoms with Crippen LogP contribution in [0.1, 0.15) is 31.1 Å². The van der Waals surface area contributed by atoms with Gasteiger partial charge in [-0.25, -0.2) is 9.59 Å². The van der Waals surface area contributed by atoms with E-state index in [4.69, 9.17) is 9.84 Å². The molecule has 1 rings (SSSR count). The summed E-state index contributed by atoms with van der Waals surface area (Å²) in [6.45, 7) is 8.30. The molecule has 0 fully saturated rings. The molecule has 0 bridgehead atoms. The Bertz CT molecular complexity index is 633. The van der Waals surface area contributed by atoms with Crippen LogP contribution in [0.3, 0.4) is 0 Å². The van der Waals surface area contributed by atoms with Gasteiger partial charge in [0.25, 0.3) is 5.91 Å². The second-order valence-corrected chi connectivity index (χ2v) is 5.36. The van der Waals surface area contributed by atoms with Gasteiger partial charge in [0.2, 0.25) is 0 Å². The molecular weight excluding hydrogens is 324 g/mol. The van der Waals surface area contributed by atoms with Crippen molar-refractivity contribution in [3.8, 4) is 0 Å². The normalized spacial score (nSPS) is 11.3. The fraction of sp³-hybridized carbons (Fsp3) is 0.389. The molecule has 0 saturated carbocycles. The number of rotatable bonds is 9. The first-order valence-electron chi connectivity index (χ1n) is 8.09. The van der Waals surface area contributed by atoms with E-state index in [1.807, 2.05) is 13.8 Å². The van der Waals surface area contributed by atoms with E-state index in [0.29, 0.717) is 24.4 Å². The van der Waals surface area contributed by atoms with Crippen LogP contribution in [-0.2, 0) is 14.3 Å². The third kappa shape index (κ3) is 7.17.